The number of H-pyrrole nitrogens is 1. The number of rotatable bonds is 3. The zero-order chi connectivity index (χ0) is 24.4. The molecule has 5 rings (SSSR count). The van der Waals surface area contributed by atoms with Gasteiger partial charge in [0.15, 0.2) is 16.6 Å². The highest BCUT2D eigenvalue weighted by Gasteiger charge is 2.35. The number of nitrogens with zero attached hydrogens (tertiary/aromatic N) is 3. The van der Waals surface area contributed by atoms with Gasteiger partial charge in [0.2, 0.25) is 0 Å². The van der Waals surface area contributed by atoms with Crippen molar-refractivity contribution in [2.45, 2.75) is 6.18 Å². The number of benzene rings is 1. The van der Waals surface area contributed by atoms with E-state index < -0.39 is 28.3 Å². The van der Waals surface area contributed by atoms with Gasteiger partial charge in [-0.3, -0.25) is 9.78 Å². The molecule has 0 amide bonds. The maximum Gasteiger partial charge on any atom is 0.443 e. The van der Waals surface area contributed by atoms with Crippen LogP contribution in [0, 0.1) is 5.82 Å². The number of ether oxygens (including phenoxy) is 1. The number of aromatic nitrogens is 4. The number of alkyl halides is 3. The zero-order valence-corrected chi connectivity index (χ0v) is 19.0. The second-order valence-electron chi connectivity index (χ2n) is 6.91. The van der Waals surface area contributed by atoms with Crippen molar-refractivity contribution in [2.75, 3.05) is 7.11 Å². The smallest absolute Gasteiger partial charge is 0.443 e. The Labute approximate surface area is 198 Å². The van der Waals surface area contributed by atoms with E-state index in [-0.39, 0.29) is 36.9 Å². The van der Waals surface area contributed by atoms with Crippen molar-refractivity contribution in [3.05, 3.63) is 67.3 Å². The lowest BCUT2D eigenvalue weighted by Gasteiger charge is -2.06. The molecular weight excluding hydrogens is 520 g/mol. The molecule has 0 aliphatic rings. The van der Waals surface area contributed by atoms with E-state index in [9.17, 15) is 27.2 Å². The highest BCUT2D eigenvalue weighted by atomic mass is 35.5. The van der Waals surface area contributed by atoms with Crippen molar-refractivity contribution in [2.24, 2.45) is 0 Å². The van der Waals surface area contributed by atoms with Gasteiger partial charge in [0, 0.05) is 10.4 Å². The molecule has 0 saturated carbocycles. The van der Waals surface area contributed by atoms with Gasteiger partial charge < -0.3 is 9.72 Å². The molecule has 4 aromatic heterocycles. The molecule has 0 fully saturated rings. The van der Waals surface area contributed by atoms with Gasteiger partial charge in [0.05, 0.1) is 40.4 Å². The summed E-state index contributed by atoms with van der Waals surface area (Å²) in [6.07, 6.45) is -2.45. The van der Waals surface area contributed by atoms with Crippen molar-refractivity contribution < 1.29 is 22.3 Å². The molecule has 1 aromatic carbocycles. The lowest BCUT2D eigenvalue weighted by molar-refractivity contribution is -0.137. The van der Waals surface area contributed by atoms with E-state index in [0.717, 1.165) is 29.8 Å². The van der Waals surface area contributed by atoms with Crippen LogP contribution in [-0.2, 0) is 6.18 Å². The zero-order valence-electron chi connectivity index (χ0n) is 16.7. The Morgan fingerprint density at radius 1 is 1.12 bits per heavy atom. The summed E-state index contributed by atoms with van der Waals surface area (Å²) >= 11 is 7.45. The number of fused-ring (bicyclic) bond motifs is 2. The third kappa shape index (κ3) is 3.56. The lowest BCUT2D eigenvalue weighted by Crippen LogP contribution is -2.33. The van der Waals surface area contributed by atoms with Crippen LogP contribution in [0.1, 0.15) is 5.01 Å². The fraction of sp³-hybridized carbons (Fsp3) is 0.100. The van der Waals surface area contributed by atoms with Crippen molar-refractivity contribution >= 4 is 54.7 Å². The van der Waals surface area contributed by atoms with Gasteiger partial charge in [-0.1, -0.05) is 11.6 Å². The minimum absolute atomic E-state index is 0.0163. The third-order valence-electron chi connectivity index (χ3n) is 4.84. The van der Waals surface area contributed by atoms with E-state index in [1.165, 1.54) is 19.2 Å². The lowest BCUT2D eigenvalue weighted by atomic mass is 10.1. The molecule has 4 heterocycles. The van der Waals surface area contributed by atoms with Crippen LogP contribution in [-0.4, -0.2) is 26.6 Å². The fourth-order valence-corrected chi connectivity index (χ4v) is 5.64. The fourth-order valence-electron chi connectivity index (χ4n) is 3.35. The monoisotopic (exact) mass is 528 g/mol. The summed E-state index contributed by atoms with van der Waals surface area (Å²) in [5.41, 5.74) is -1.31. The molecule has 0 unspecified atom stereocenters. The second-order valence-corrected chi connectivity index (χ2v) is 9.37. The van der Waals surface area contributed by atoms with Gasteiger partial charge >= 0.3 is 11.9 Å². The summed E-state index contributed by atoms with van der Waals surface area (Å²) in [7, 11) is 1.29. The number of thiazole rings is 1. The SMILES string of the molecule is COc1cc(-c2cc3[nH]c(=O)n(-c4cncc5nc(C(F)(F)F)sc45)c(=O)c3s2)c(Cl)cc1F. The topological polar surface area (TPSA) is 89.9 Å². The maximum absolute atomic E-state index is 13.9. The molecular formula is C20H9ClF4N4O3S2. The van der Waals surface area contributed by atoms with Crippen molar-refractivity contribution in [1.82, 2.24) is 19.5 Å². The number of pyridine rings is 1. The van der Waals surface area contributed by atoms with Gasteiger partial charge in [0.1, 0.15) is 10.2 Å². The van der Waals surface area contributed by atoms with Crippen LogP contribution >= 0.6 is 34.3 Å². The predicted molar refractivity (Wildman–Crippen MR) is 121 cm³/mol. The molecule has 0 spiro atoms. The molecule has 0 bridgehead atoms. The molecule has 0 aliphatic heterocycles. The Balaban J connectivity index is 1.74. The minimum atomic E-state index is -4.69. The van der Waals surface area contributed by atoms with Crippen LogP contribution in [0.2, 0.25) is 5.02 Å². The number of nitrogens with one attached hydrogen (secondary N) is 1. The number of aromatic amines is 1. The predicted octanol–water partition coefficient (Wildman–Crippen LogP) is 5.23. The van der Waals surface area contributed by atoms with Crippen molar-refractivity contribution in [3.8, 4) is 21.9 Å². The number of halogens is 5. The summed E-state index contributed by atoms with van der Waals surface area (Å²) in [6.45, 7) is 0. The minimum Gasteiger partial charge on any atom is -0.494 e. The maximum atomic E-state index is 13.9. The first-order valence-electron chi connectivity index (χ1n) is 9.23. The summed E-state index contributed by atoms with van der Waals surface area (Å²) in [5.74, 6) is -0.734. The number of hydrogen-bond donors (Lipinski definition) is 1. The number of methoxy groups -OCH3 is 1. The van der Waals surface area contributed by atoms with Gasteiger partial charge in [-0.15, -0.1) is 22.7 Å². The summed E-state index contributed by atoms with van der Waals surface area (Å²) < 4.78 is 59.2. The van der Waals surface area contributed by atoms with E-state index in [0.29, 0.717) is 26.3 Å². The highest BCUT2D eigenvalue weighted by Crippen LogP contribution is 2.39. The van der Waals surface area contributed by atoms with Crippen LogP contribution in [0.25, 0.3) is 36.6 Å². The quantitative estimate of drug-likeness (QED) is 0.324. The molecule has 0 aliphatic carbocycles. The Morgan fingerprint density at radius 2 is 1.88 bits per heavy atom. The standard InChI is InChI=1S/C20H9ClF4N4O3S2/c1-32-13-2-7(8(21)3-9(13)22)14-4-10-16(33-14)17(30)29(19(31)28-10)12-6-26-5-11-15(12)34-18(27-11)20(23,24)25/h2-6H,1H3,(H,28,31). The van der Waals surface area contributed by atoms with Gasteiger partial charge in [-0.2, -0.15) is 13.2 Å². The highest BCUT2D eigenvalue weighted by molar-refractivity contribution is 7.22. The first-order chi connectivity index (χ1) is 16.1. The molecule has 0 radical (unpaired) electrons. The number of thiophene rings is 1. The Morgan fingerprint density at radius 3 is 2.59 bits per heavy atom. The van der Waals surface area contributed by atoms with Crippen molar-refractivity contribution in [1.29, 1.82) is 0 Å². The molecule has 7 nitrogen and oxygen atoms in total. The molecule has 5 aromatic rings. The first-order valence-corrected chi connectivity index (χ1v) is 11.2. The Bertz CT molecular complexity index is 1720. The van der Waals surface area contributed by atoms with Crippen molar-refractivity contribution in [3.63, 3.8) is 0 Å². The molecule has 14 heteroatoms. The van der Waals surface area contributed by atoms with E-state index >= 15 is 0 Å². The third-order valence-corrected chi connectivity index (χ3v) is 7.45. The molecule has 1 N–H and O–H groups in total. The molecule has 34 heavy (non-hydrogen) atoms. The van der Waals surface area contributed by atoms with E-state index in [1.54, 1.807) is 0 Å². The summed E-state index contributed by atoms with van der Waals surface area (Å²) in [4.78, 5) is 36.4. The first kappa shape index (κ1) is 22.5. The van der Waals surface area contributed by atoms with Crippen LogP contribution in [0.4, 0.5) is 17.6 Å². The normalized spacial score (nSPS) is 12.1. The van der Waals surface area contributed by atoms with Crippen LogP contribution in [0.3, 0.4) is 0 Å². The van der Waals surface area contributed by atoms with E-state index in [4.69, 9.17) is 16.3 Å². The average Bonchev–Trinajstić information content (AvgIpc) is 3.39. The summed E-state index contributed by atoms with van der Waals surface area (Å²) in [5, 5.41) is -1.06. The average molecular weight is 529 g/mol. The van der Waals surface area contributed by atoms with Crippen LogP contribution in [0.5, 0.6) is 5.75 Å². The van der Waals surface area contributed by atoms with E-state index in [2.05, 4.69) is 15.0 Å². The molecule has 174 valence electrons. The van der Waals surface area contributed by atoms with Gasteiger partial charge in [-0.05, 0) is 18.2 Å². The second kappa shape index (κ2) is 7.89. The Kier molecular flexibility index (Phi) is 5.22. The van der Waals surface area contributed by atoms with Crippen LogP contribution in [0.15, 0.2) is 40.2 Å². The van der Waals surface area contributed by atoms with Crippen LogP contribution < -0.4 is 16.0 Å². The number of hydrogen-bond acceptors (Lipinski definition) is 7. The Hall–Kier alpha value is -3.29. The van der Waals surface area contributed by atoms with Gasteiger partial charge in [0.25, 0.3) is 5.56 Å². The van der Waals surface area contributed by atoms with Gasteiger partial charge in [-0.25, -0.2) is 18.7 Å². The van der Waals surface area contributed by atoms with E-state index in [1.807, 2.05) is 0 Å². The largest absolute Gasteiger partial charge is 0.494 e. The molecule has 0 saturated heterocycles. The molecule has 0 atom stereocenters. The summed E-state index contributed by atoms with van der Waals surface area (Å²) in [6, 6.07) is 3.92.